The summed E-state index contributed by atoms with van der Waals surface area (Å²) in [6.45, 7) is 0. The van der Waals surface area contributed by atoms with Crippen LogP contribution in [0.5, 0.6) is 0 Å². The zero-order valence-electron chi connectivity index (χ0n) is 13.9. The molecule has 0 aromatic carbocycles. The van der Waals surface area contributed by atoms with Crippen molar-refractivity contribution < 1.29 is 19.5 Å². The fraction of sp³-hybridized carbons (Fsp3) is 0. The van der Waals surface area contributed by atoms with E-state index in [2.05, 4.69) is 103 Å². The molecule has 0 saturated heterocycles. The van der Waals surface area contributed by atoms with Crippen molar-refractivity contribution in [2.75, 3.05) is 0 Å². The molecule has 6 heteroatoms. The normalized spacial score (nSPS) is 12.2. The Morgan fingerprint density at radius 3 is 1.62 bits per heavy atom. The third kappa shape index (κ3) is 3.35. The van der Waals surface area contributed by atoms with E-state index in [1.54, 1.807) is 0 Å². The van der Waals surface area contributed by atoms with Gasteiger partial charge in [-0.3, -0.25) is 0 Å². The van der Waals surface area contributed by atoms with Gasteiger partial charge in [0.05, 0.1) is 5.35 Å². The molecule has 1 aliphatic rings. The van der Waals surface area contributed by atoms with Gasteiger partial charge in [-0.05, 0) is 82.7 Å². The van der Waals surface area contributed by atoms with Crippen molar-refractivity contribution in [3.8, 4) is 0 Å². The number of rotatable bonds is 0. The Labute approximate surface area is 170 Å². The van der Waals surface area contributed by atoms with Gasteiger partial charge >= 0.3 is 0 Å². The van der Waals surface area contributed by atoms with Gasteiger partial charge in [-0.2, -0.15) is 0 Å². The number of halogens is 1. The van der Waals surface area contributed by atoms with E-state index in [4.69, 9.17) is 0 Å². The summed E-state index contributed by atoms with van der Waals surface area (Å²) >= 11 is 3.63. The van der Waals surface area contributed by atoms with Crippen molar-refractivity contribution in [1.82, 2.24) is 19.9 Å². The van der Waals surface area contributed by atoms with E-state index in [0.717, 1.165) is 48.6 Å². The minimum Gasteiger partial charge on any atom is -0.355 e. The number of hydrogen-bond acceptors (Lipinski definition) is 0. The topological polar surface area (TPSA) is 63.2 Å². The van der Waals surface area contributed by atoms with Crippen LogP contribution in [0.4, 0.5) is 0 Å². The summed E-state index contributed by atoms with van der Waals surface area (Å²) in [5, 5.41) is 4.20. The predicted molar refractivity (Wildman–Crippen MR) is 104 cm³/mol. The molecule has 8 bridgehead atoms. The van der Waals surface area contributed by atoms with Crippen LogP contribution in [0.15, 0.2) is 46.9 Å². The molecule has 0 aliphatic carbocycles. The fourth-order valence-electron chi connectivity index (χ4n) is 3.10. The molecule has 4 nitrogen and oxygen atoms in total. The molecule has 0 saturated carbocycles. The first-order valence-corrected chi connectivity index (χ1v) is 8.85. The number of H-pyrrole nitrogens is 4. The van der Waals surface area contributed by atoms with E-state index < -0.39 is 0 Å². The first-order valence-electron chi connectivity index (χ1n) is 8.06. The average molecular weight is 457 g/mol. The van der Waals surface area contributed by atoms with E-state index in [1.165, 1.54) is 0 Å². The second kappa shape index (κ2) is 6.78. The Bertz CT molecular complexity index is 1320. The van der Waals surface area contributed by atoms with Crippen molar-refractivity contribution in [3.63, 3.8) is 0 Å². The van der Waals surface area contributed by atoms with Crippen LogP contribution in [0, 0.1) is 0 Å². The first kappa shape index (κ1) is 17.1. The van der Waals surface area contributed by atoms with Crippen LogP contribution in [0.25, 0.3) is 24.3 Å². The molecule has 0 spiro atoms. The van der Waals surface area contributed by atoms with E-state index in [1.807, 2.05) is 0 Å². The van der Waals surface area contributed by atoms with Crippen molar-refractivity contribution in [3.05, 3.63) is 91.1 Å². The van der Waals surface area contributed by atoms with Crippen LogP contribution in [-0.2, 0) is 19.5 Å². The van der Waals surface area contributed by atoms with Gasteiger partial charge in [0.1, 0.15) is 0 Å². The van der Waals surface area contributed by atoms with Crippen LogP contribution < -0.4 is 21.4 Å². The molecule has 0 radical (unpaired) electrons. The third-order valence-electron chi connectivity index (χ3n) is 4.24. The molecule has 26 heavy (non-hydrogen) atoms. The summed E-state index contributed by atoms with van der Waals surface area (Å²) in [7, 11) is 0. The predicted octanol–water partition coefficient (Wildman–Crippen LogP) is 1.39. The molecule has 1 aliphatic heterocycles. The molecule has 5 rings (SSSR count). The molecule has 4 aromatic heterocycles. The largest absolute Gasteiger partial charge is 0.355 e. The molecule has 0 fully saturated rings. The summed E-state index contributed by atoms with van der Waals surface area (Å²) in [6, 6.07) is 14.6. The Kier molecular flexibility index (Phi) is 4.47. The van der Waals surface area contributed by atoms with Crippen molar-refractivity contribution in [2.45, 2.75) is 0 Å². The quantitative estimate of drug-likeness (QED) is 0.255. The minimum atomic E-state index is 0. The molecular formula is C20H15BrN4Zn. The molecule has 124 valence electrons. The standard InChI is InChI=1S/C20H15BrN4.Zn/c21-19-10-18-9-16-4-3-14(23-16)7-12-1-2-13(22-12)8-15-5-6-17(24-15)11-20(19)25-18;/h1-11,22-25H;. The summed E-state index contributed by atoms with van der Waals surface area (Å²) < 4.78 is 1.04. The number of hydrogen-bond donors (Lipinski definition) is 4. The maximum Gasteiger partial charge on any atom is 0.0550 e. The van der Waals surface area contributed by atoms with Gasteiger partial charge < -0.3 is 19.9 Å². The van der Waals surface area contributed by atoms with Gasteiger partial charge in [0.15, 0.2) is 0 Å². The van der Waals surface area contributed by atoms with E-state index in [9.17, 15) is 0 Å². The van der Waals surface area contributed by atoms with Crippen LogP contribution in [-0.4, -0.2) is 19.9 Å². The second-order valence-electron chi connectivity index (χ2n) is 6.17. The van der Waals surface area contributed by atoms with Gasteiger partial charge in [-0.15, -0.1) is 0 Å². The second-order valence-corrected chi connectivity index (χ2v) is 7.03. The summed E-state index contributed by atoms with van der Waals surface area (Å²) in [6.07, 6.45) is 8.40. The smallest absolute Gasteiger partial charge is 0.0550 e. The maximum atomic E-state index is 3.63. The van der Waals surface area contributed by atoms with E-state index >= 15 is 0 Å². The average Bonchev–Trinajstić information content (AvgIpc) is 3.33. The Morgan fingerprint density at radius 1 is 0.538 bits per heavy atom. The van der Waals surface area contributed by atoms with Gasteiger partial charge in [-0.1, -0.05) is 0 Å². The molecule has 0 atom stereocenters. The number of aromatic nitrogens is 4. The molecule has 5 heterocycles. The molecule has 0 amide bonds. The first-order chi connectivity index (χ1) is 12.2. The van der Waals surface area contributed by atoms with Crippen LogP contribution >= 0.6 is 15.9 Å². The van der Waals surface area contributed by atoms with Crippen LogP contribution in [0.2, 0.25) is 0 Å². The molecular weight excluding hydrogens is 442 g/mol. The van der Waals surface area contributed by atoms with Crippen LogP contribution in [0.1, 0.15) is 22.8 Å². The molecule has 4 aromatic rings. The third-order valence-corrected chi connectivity index (χ3v) is 4.90. The van der Waals surface area contributed by atoms with Gasteiger partial charge in [0.2, 0.25) is 0 Å². The summed E-state index contributed by atoms with van der Waals surface area (Å²) in [5.74, 6) is 0. The molecule has 0 unspecified atom stereocenters. The van der Waals surface area contributed by atoms with Crippen molar-refractivity contribution in [2.24, 2.45) is 0 Å². The Morgan fingerprint density at radius 2 is 1.04 bits per heavy atom. The zero-order chi connectivity index (χ0) is 16.8. The number of fused-ring (bicyclic) bond motifs is 8. The van der Waals surface area contributed by atoms with E-state index in [0.29, 0.717) is 0 Å². The fourth-order valence-corrected chi connectivity index (χ4v) is 3.56. The van der Waals surface area contributed by atoms with E-state index in [-0.39, 0.29) is 19.5 Å². The summed E-state index contributed by atoms with van der Waals surface area (Å²) in [4.78, 5) is 13.7. The van der Waals surface area contributed by atoms with Gasteiger partial charge in [0.25, 0.3) is 0 Å². The Balaban J connectivity index is 0.00000168. The van der Waals surface area contributed by atoms with Crippen molar-refractivity contribution >= 4 is 40.2 Å². The SMILES string of the molecule is Brc1cc2[nH]c1=Cc1ccc([nH]1)C=c1ccc([nH]1)=Cc1ccc([nH]1)C=2.[Zn]. The Hall–Kier alpha value is -2.30. The molecule has 4 N–H and O–H groups in total. The number of aromatic amines is 4. The van der Waals surface area contributed by atoms with Crippen molar-refractivity contribution in [1.29, 1.82) is 0 Å². The monoisotopic (exact) mass is 454 g/mol. The maximum absolute atomic E-state index is 3.63. The summed E-state index contributed by atoms with van der Waals surface area (Å²) in [5.41, 5.74) is 4.22. The zero-order valence-corrected chi connectivity index (χ0v) is 18.5. The van der Waals surface area contributed by atoms with Crippen LogP contribution in [0.3, 0.4) is 0 Å². The van der Waals surface area contributed by atoms with Gasteiger partial charge in [0, 0.05) is 62.8 Å². The van der Waals surface area contributed by atoms with Gasteiger partial charge in [-0.25, -0.2) is 0 Å². The number of nitrogens with one attached hydrogen (secondary N) is 4. The minimum absolute atomic E-state index is 0.